The molecular formula is C24H30N4O6S. The summed E-state index contributed by atoms with van der Waals surface area (Å²) in [5, 5.41) is 25.4. The Morgan fingerprint density at radius 3 is 1.69 bits per heavy atom. The van der Waals surface area contributed by atoms with Crippen molar-refractivity contribution in [3.63, 3.8) is 0 Å². The van der Waals surface area contributed by atoms with Gasteiger partial charge >= 0.3 is 5.97 Å². The summed E-state index contributed by atoms with van der Waals surface area (Å²) in [4.78, 5) is 49.4. The second-order valence-corrected chi connectivity index (χ2v) is 8.24. The second-order valence-electron chi connectivity index (χ2n) is 7.87. The standard InChI is InChI=1S/C24H30N4O6S/c25-17(11-15-7-3-1-4-8-15)21(30)26-18(12-16-9-5-2-6-10-16)22(31)28-20(14-35)23(32)27-19(13-29)24(33)34/h1-10,17-20,29,35H,11-14,25H2,(H,26,30)(H,27,32)(H,28,31)(H,33,34). The molecule has 0 radical (unpaired) electrons. The maximum absolute atomic E-state index is 13.1. The molecular weight excluding hydrogens is 472 g/mol. The van der Waals surface area contributed by atoms with E-state index in [1.807, 2.05) is 36.4 Å². The summed E-state index contributed by atoms with van der Waals surface area (Å²) in [5.41, 5.74) is 7.70. The minimum Gasteiger partial charge on any atom is -0.480 e. The number of benzene rings is 2. The van der Waals surface area contributed by atoms with Crippen LogP contribution in [0.1, 0.15) is 11.1 Å². The van der Waals surface area contributed by atoms with Crippen molar-refractivity contribution in [3.8, 4) is 0 Å². The lowest BCUT2D eigenvalue weighted by atomic mass is 10.0. The summed E-state index contributed by atoms with van der Waals surface area (Å²) in [6.07, 6.45) is 0.400. The van der Waals surface area contributed by atoms with E-state index in [9.17, 15) is 19.2 Å². The zero-order valence-electron chi connectivity index (χ0n) is 19.0. The first-order chi connectivity index (χ1) is 16.7. The average Bonchev–Trinajstić information content (AvgIpc) is 2.86. The topological polar surface area (TPSA) is 171 Å². The third-order valence-corrected chi connectivity index (χ3v) is 5.53. The van der Waals surface area contributed by atoms with Gasteiger partial charge < -0.3 is 31.9 Å². The van der Waals surface area contributed by atoms with Gasteiger partial charge in [0.25, 0.3) is 0 Å². The Labute approximate surface area is 208 Å². The molecule has 0 fully saturated rings. The summed E-state index contributed by atoms with van der Waals surface area (Å²) >= 11 is 4.07. The van der Waals surface area contributed by atoms with Crippen molar-refractivity contribution in [2.45, 2.75) is 37.0 Å². The zero-order valence-corrected chi connectivity index (χ0v) is 19.9. The number of carbonyl (C=O) groups is 4. The molecule has 0 aromatic heterocycles. The first kappa shape index (κ1) is 27.8. The molecule has 2 rings (SSSR count). The van der Waals surface area contributed by atoms with Crippen LogP contribution in [0.2, 0.25) is 0 Å². The quantitative estimate of drug-likeness (QED) is 0.177. The van der Waals surface area contributed by atoms with Crippen LogP contribution < -0.4 is 21.7 Å². The fourth-order valence-corrected chi connectivity index (χ4v) is 3.48. The molecule has 0 aliphatic heterocycles. The highest BCUT2D eigenvalue weighted by Gasteiger charge is 2.29. The number of rotatable bonds is 13. The third kappa shape index (κ3) is 9.04. The van der Waals surface area contributed by atoms with Gasteiger partial charge in [-0.15, -0.1) is 0 Å². The van der Waals surface area contributed by atoms with Crippen molar-refractivity contribution in [1.82, 2.24) is 16.0 Å². The Bertz CT molecular complexity index is 992. The Morgan fingerprint density at radius 2 is 1.20 bits per heavy atom. The van der Waals surface area contributed by atoms with Gasteiger partial charge in [0.2, 0.25) is 17.7 Å². The molecule has 0 aliphatic carbocycles. The van der Waals surface area contributed by atoms with Gasteiger partial charge in [0.1, 0.15) is 18.1 Å². The predicted octanol–water partition coefficient (Wildman–Crippen LogP) is -0.740. The monoisotopic (exact) mass is 502 g/mol. The van der Waals surface area contributed by atoms with E-state index >= 15 is 0 Å². The molecule has 2 aromatic carbocycles. The normalized spacial score (nSPS) is 14.1. The van der Waals surface area contributed by atoms with Crippen LogP contribution in [0.5, 0.6) is 0 Å². The number of hydrogen-bond acceptors (Lipinski definition) is 7. The van der Waals surface area contributed by atoms with E-state index in [1.54, 1.807) is 24.3 Å². The Hall–Kier alpha value is -3.41. The smallest absolute Gasteiger partial charge is 0.328 e. The Kier molecular flexibility index (Phi) is 11.2. The first-order valence-electron chi connectivity index (χ1n) is 10.9. The van der Waals surface area contributed by atoms with E-state index in [-0.39, 0.29) is 18.6 Å². The number of amides is 3. The fraction of sp³-hybridized carbons (Fsp3) is 0.333. The van der Waals surface area contributed by atoms with Crippen LogP contribution in [0.4, 0.5) is 0 Å². The molecule has 0 bridgehead atoms. The van der Waals surface area contributed by atoms with Crippen LogP contribution in [-0.4, -0.2) is 70.4 Å². The molecule has 0 heterocycles. The lowest BCUT2D eigenvalue weighted by Gasteiger charge is -2.24. The van der Waals surface area contributed by atoms with E-state index < -0.39 is 54.5 Å². The number of aliphatic carboxylic acids is 1. The van der Waals surface area contributed by atoms with E-state index in [0.717, 1.165) is 11.1 Å². The maximum atomic E-state index is 13.1. The Morgan fingerprint density at radius 1 is 0.743 bits per heavy atom. The maximum Gasteiger partial charge on any atom is 0.328 e. The molecule has 188 valence electrons. The molecule has 0 spiro atoms. The van der Waals surface area contributed by atoms with Gasteiger partial charge in [0.05, 0.1) is 12.6 Å². The summed E-state index contributed by atoms with van der Waals surface area (Å²) in [5.74, 6) is -3.61. The highest BCUT2D eigenvalue weighted by Crippen LogP contribution is 2.07. The SMILES string of the molecule is NC(Cc1ccccc1)C(=O)NC(Cc1ccccc1)C(=O)NC(CS)C(=O)NC(CO)C(=O)O. The van der Waals surface area contributed by atoms with Crippen LogP contribution >= 0.6 is 12.6 Å². The lowest BCUT2D eigenvalue weighted by Crippen LogP contribution is -2.58. The number of nitrogens with two attached hydrogens (primary N) is 1. The van der Waals surface area contributed by atoms with E-state index in [4.69, 9.17) is 15.9 Å². The molecule has 35 heavy (non-hydrogen) atoms. The number of carboxylic acids is 1. The number of aliphatic hydroxyl groups excluding tert-OH is 1. The molecule has 2 aromatic rings. The highest BCUT2D eigenvalue weighted by atomic mass is 32.1. The van der Waals surface area contributed by atoms with Crippen molar-refractivity contribution in [1.29, 1.82) is 0 Å². The predicted molar refractivity (Wildman–Crippen MR) is 133 cm³/mol. The molecule has 0 saturated heterocycles. The fourth-order valence-electron chi connectivity index (χ4n) is 3.22. The Balaban J connectivity index is 2.12. The first-order valence-corrected chi connectivity index (χ1v) is 11.6. The average molecular weight is 503 g/mol. The van der Waals surface area contributed by atoms with Crippen LogP contribution in [0.3, 0.4) is 0 Å². The van der Waals surface area contributed by atoms with Gasteiger partial charge in [0, 0.05) is 12.2 Å². The van der Waals surface area contributed by atoms with Crippen LogP contribution in [-0.2, 0) is 32.0 Å². The third-order valence-electron chi connectivity index (χ3n) is 5.16. The molecule has 0 saturated carbocycles. The van der Waals surface area contributed by atoms with Crippen molar-refractivity contribution in [2.75, 3.05) is 12.4 Å². The number of carbonyl (C=O) groups excluding carboxylic acids is 3. The molecule has 3 amide bonds. The van der Waals surface area contributed by atoms with Crippen molar-refractivity contribution in [2.24, 2.45) is 5.73 Å². The van der Waals surface area contributed by atoms with Gasteiger partial charge in [-0.3, -0.25) is 14.4 Å². The minimum atomic E-state index is -1.53. The van der Waals surface area contributed by atoms with Crippen LogP contribution in [0.15, 0.2) is 60.7 Å². The largest absolute Gasteiger partial charge is 0.480 e. The van der Waals surface area contributed by atoms with Crippen molar-refractivity contribution >= 4 is 36.3 Å². The summed E-state index contributed by atoms with van der Waals surface area (Å²) in [6.45, 7) is -0.819. The van der Waals surface area contributed by atoms with Crippen molar-refractivity contribution < 1.29 is 29.4 Å². The summed E-state index contributed by atoms with van der Waals surface area (Å²) in [6, 6.07) is 13.5. The van der Waals surface area contributed by atoms with Gasteiger partial charge in [-0.2, -0.15) is 12.6 Å². The number of hydrogen-bond donors (Lipinski definition) is 7. The second kappa shape index (κ2) is 14.1. The minimum absolute atomic E-state index is 0.131. The molecule has 7 N–H and O–H groups in total. The number of aliphatic hydroxyl groups is 1. The van der Waals surface area contributed by atoms with Gasteiger partial charge in [-0.1, -0.05) is 60.7 Å². The molecule has 4 atom stereocenters. The van der Waals surface area contributed by atoms with Crippen LogP contribution in [0, 0.1) is 0 Å². The lowest BCUT2D eigenvalue weighted by molar-refractivity contribution is -0.143. The summed E-state index contributed by atoms with van der Waals surface area (Å²) in [7, 11) is 0. The van der Waals surface area contributed by atoms with Crippen molar-refractivity contribution in [3.05, 3.63) is 71.8 Å². The van der Waals surface area contributed by atoms with E-state index in [0.29, 0.717) is 0 Å². The molecule has 10 nitrogen and oxygen atoms in total. The number of thiol groups is 1. The van der Waals surface area contributed by atoms with E-state index in [1.165, 1.54) is 0 Å². The summed E-state index contributed by atoms with van der Waals surface area (Å²) < 4.78 is 0. The molecule has 11 heteroatoms. The highest BCUT2D eigenvalue weighted by molar-refractivity contribution is 7.80. The zero-order chi connectivity index (χ0) is 25.8. The van der Waals surface area contributed by atoms with Crippen LogP contribution in [0.25, 0.3) is 0 Å². The number of carboxylic acid groups (broad SMARTS) is 1. The molecule has 4 unspecified atom stereocenters. The van der Waals surface area contributed by atoms with Gasteiger partial charge in [-0.05, 0) is 17.5 Å². The molecule has 0 aliphatic rings. The van der Waals surface area contributed by atoms with Gasteiger partial charge in [0.15, 0.2) is 0 Å². The van der Waals surface area contributed by atoms with E-state index in [2.05, 4.69) is 28.6 Å². The van der Waals surface area contributed by atoms with Gasteiger partial charge in [-0.25, -0.2) is 4.79 Å². The number of nitrogens with one attached hydrogen (secondary N) is 3.